The summed E-state index contributed by atoms with van der Waals surface area (Å²) in [5.41, 5.74) is 6.91. The van der Waals surface area contributed by atoms with Crippen molar-refractivity contribution in [3.05, 3.63) is 35.4 Å². The fourth-order valence-electron chi connectivity index (χ4n) is 3.79. The van der Waals surface area contributed by atoms with E-state index in [0.29, 0.717) is 17.9 Å². The van der Waals surface area contributed by atoms with Gasteiger partial charge in [-0.3, -0.25) is 0 Å². The summed E-state index contributed by atoms with van der Waals surface area (Å²) in [6, 6.07) is 3.80. The lowest BCUT2D eigenvalue weighted by Crippen LogP contribution is -2.55. The number of hydrogen-bond donors (Lipinski definition) is 1. The summed E-state index contributed by atoms with van der Waals surface area (Å²) < 4.78 is 26.9. The second-order valence-electron chi connectivity index (χ2n) is 7.31. The second-order valence-corrected chi connectivity index (χ2v) is 7.31. The van der Waals surface area contributed by atoms with E-state index in [0.717, 1.165) is 25.3 Å². The molecule has 1 aliphatic rings. The van der Waals surface area contributed by atoms with Crippen molar-refractivity contribution in [2.24, 2.45) is 17.1 Å². The van der Waals surface area contributed by atoms with Gasteiger partial charge in [0.1, 0.15) is 11.6 Å². The van der Waals surface area contributed by atoms with Crippen molar-refractivity contribution in [2.45, 2.75) is 58.4 Å². The normalized spacial score (nSPS) is 27.6. The fourth-order valence-corrected chi connectivity index (χ4v) is 3.79. The molecule has 0 amide bonds. The Morgan fingerprint density at radius 2 is 1.95 bits per heavy atom. The van der Waals surface area contributed by atoms with Crippen molar-refractivity contribution >= 4 is 0 Å². The van der Waals surface area contributed by atoms with Crippen LogP contribution < -0.4 is 5.73 Å². The van der Waals surface area contributed by atoms with Gasteiger partial charge in [-0.05, 0) is 42.2 Å². The number of hydrogen-bond acceptors (Lipinski definition) is 1. The molecule has 1 aromatic carbocycles. The van der Waals surface area contributed by atoms with Crippen molar-refractivity contribution in [1.82, 2.24) is 0 Å². The summed E-state index contributed by atoms with van der Waals surface area (Å²) in [6.45, 7) is 6.60. The third kappa shape index (κ3) is 3.20. The largest absolute Gasteiger partial charge is 0.325 e. The average molecular weight is 281 g/mol. The molecule has 1 nitrogen and oxygen atoms in total. The van der Waals surface area contributed by atoms with Crippen LogP contribution in [-0.2, 0) is 6.42 Å². The summed E-state index contributed by atoms with van der Waals surface area (Å²) in [4.78, 5) is 0. The Morgan fingerprint density at radius 1 is 1.25 bits per heavy atom. The highest BCUT2D eigenvalue weighted by Crippen LogP contribution is 2.44. The summed E-state index contributed by atoms with van der Waals surface area (Å²) in [5.74, 6) is -0.658. The van der Waals surface area contributed by atoms with Crippen molar-refractivity contribution in [1.29, 1.82) is 0 Å². The van der Waals surface area contributed by atoms with Gasteiger partial charge in [-0.2, -0.15) is 0 Å². The van der Waals surface area contributed by atoms with Crippen LogP contribution in [0.15, 0.2) is 18.2 Å². The van der Waals surface area contributed by atoms with Crippen LogP contribution >= 0.6 is 0 Å². The van der Waals surface area contributed by atoms with Crippen LogP contribution in [0.1, 0.15) is 52.0 Å². The molecule has 1 fully saturated rings. The van der Waals surface area contributed by atoms with Crippen LogP contribution in [0, 0.1) is 23.0 Å². The Balaban J connectivity index is 2.28. The van der Waals surface area contributed by atoms with E-state index in [9.17, 15) is 8.78 Å². The first-order chi connectivity index (χ1) is 9.22. The Kier molecular flexibility index (Phi) is 4.19. The molecule has 20 heavy (non-hydrogen) atoms. The van der Waals surface area contributed by atoms with Crippen LogP contribution in [0.5, 0.6) is 0 Å². The molecule has 2 atom stereocenters. The second kappa shape index (κ2) is 5.44. The van der Waals surface area contributed by atoms with E-state index in [1.807, 2.05) is 0 Å². The minimum atomic E-state index is -0.534. The molecule has 1 saturated carbocycles. The van der Waals surface area contributed by atoms with Gasteiger partial charge >= 0.3 is 0 Å². The average Bonchev–Trinajstić information content (AvgIpc) is 2.32. The third-order valence-electron chi connectivity index (χ3n) is 4.66. The summed E-state index contributed by atoms with van der Waals surface area (Å²) in [7, 11) is 0. The van der Waals surface area contributed by atoms with Gasteiger partial charge in [0, 0.05) is 11.6 Å². The van der Waals surface area contributed by atoms with E-state index in [-0.39, 0.29) is 5.41 Å². The van der Waals surface area contributed by atoms with Crippen LogP contribution in [-0.4, -0.2) is 5.54 Å². The predicted molar refractivity (Wildman–Crippen MR) is 78.4 cm³/mol. The molecule has 0 heterocycles. The Morgan fingerprint density at radius 3 is 2.55 bits per heavy atom. The van der Waals surface area contributed by atoms with Crippen molar-refractivity contribution in [3.63, 3.8) is 0 Å². The highest BCUT2D eigenvalue weighted by molar-refractivity contribution is 5.22. The molecule has 2 unspecified atom stereocenters. The molecule has 2 N–H and O–H groups in total. The van der Waals surface area contributed by atoms with Crippen LogP contribution in [0.2, 0.25) is 0 Å². The van der Waals surface area contributed by atoms with Gasteiger partial charge in [-0.25, -0.2) is 8.78 Å². The minimum Gasteiger partial charge on any atom is -0.325 e. The zero-order chi connectivity index (χ0) is 15.0. The van der Waals surface area contributed by atoms with Gasteiger partial charge < -0.3 is 5.73 Å². The van der Waals surface area contributed by atoms with Gasteiger partial charge in [-0.15, -0.1) is 0 Å². The van der Waals surface area contributed by atoms with Crippen LogP contribution in [0.25, 0.3) is 0 Å². The maximum absolute atomic E-state index is 13.9. The number of rotatable bonds is 2. The van der Waals surface area contributed by atoms with E-state index in [2.05, 4.69) is 20.8 Å². The van der Waals surface area contributed by atoms with Gasteiger partial charge in [-0.1, -0.05) is 39.7 Å². The number of benzene rings is 1. The van der Waals surface area contributed by atoms with Crippen LogP contribution in [0.4, 0.5) is 8.78 Å². The smallest absolute Gasteiger partial charge is 0.129 e. The Labute approximate surface area is 120 Å². The first-order valence-corrected chi connectivity index (χ1v) is 7.45. The summed E-state index contributed by atoms with van der Waals surface area (Å²) in [6.07, 6.45) is 4.76. The molecule has 0 aliphatic heterocycles. The van der Waals surface area contributed by atoms with E-state index >= 15 is 0 Å². The Hall–Kier alpha value is -0.960. The first-order valence-electron chi connectivity index (χ1n) is 7.45. The van der Waals surface area contributed by atoms with Gasteiger partial charge in [0.2, 0.25) is 0 Å². The Bertz CT molecular complexity index is 478. The maximum Gasteiger partial charge on any atom is 0.129 e. The zero-order valence-electron chi connectivity index (χ0n) is 12.7. The number of halogens is 2. The standard InChI is InChI=1S/C17H25F2N/c1-16(2,3)15-6-4-5-9-17(15,20)11-12-7-8-13(18)10-14(12)19/h7-8,10,15H,4-6,9,11,20H2,1-3H3. The first kappa shape index (κ1) is 15.4. The molecule has 0 aromatic heterocycles. The number of nitrogens with two attached hydrogens (primary N) is 1. The van der Waals surface area contributed by atoms with Crippen molar-refractivity contribution in [3.8, 4) is 0 Å². The molecular formula is C17H25F2N. The lowest BCUT2D eigenvalue weighted by Gasteiger charge is -2.48. The molecule has 112 valence electrons. The molecule has 0 saturated heterocycles. The fraction of sp³-hybridized carbons (Fsp3) is 0.647. The quantitative estimate of drug-likeness (QED) is 0.852. The molecule has 2 rings (SSSR count). The molecule has 0 bridgehead atoms. The van der Waals surface area contributed by atoms with Gasteiger partial charge in [0.15, 0.2) is 0 Å². The van der Waals surface area contributed by atoms with E-state index < -0.39 is 17.2 Å². The third-order valence-corrected chi connectivity index (χ3v) is 4.66. The van der Waals surface area contributed by atoms with E-state index in [1.54, 1.807) is 0 Å². The molecule has 1 aromatic rings. The highest BCUT2D eigenvalue weighted by Gasteiger charge is 2.43. The van der Waals surface area contributed by atoms with E-state index in [4.69, 9.17) is 5.73 Å². The SMILES string of the molecule is CC(C)(C)C1CCCCC1(N)Cc1ccc(F)cc1F. The topological polar surface area (TPSA) is 26.0 Å². The molecule has 1 aliphatic carbocycles. The van der Waals surface area contributed by atoms with E-state index in [1.165, 1.54) is 18.6 Å². The summed E-state index contributed by atoms with van der Waals surface area (Å²) in [5, 5.41) is 0. The van der Waals surface area contributed by atoms with Gasteiger partial charge in [0.25, 0.3) is 0 Å². The molecule has 3 heteroatoms. The predicted octanol–water partition coefficient (Wildman–Crippen LogP) is 4.44. The van der Waals surface area contributed by atoms with Crippen molar-refractivity contribution in [2.75, 3.05) is 0 Å². The molecule has 0 spiro atoms. The lowest BCUT2D eigenvalue weighted by atomic mass is 9.61. The molecular weight excluding hydrogens is 256 g/mol. The maximum atomic E-state index is 13.9. The monoisotopic (exact) mass is 281 g/mol. The van der Waals surface area contributed by atoms with Crippen molar-refractivity contribution < 1.29 is 8.78 Å². The van der Waals surface area contributed by atoms with Gasteiger partial charge in [0.05, 0.1) is 0 Å². The minimum absolute atomic E-state index is 0.103. The molecule has 0 radical (unpaired) electrons. The van der Waals surface area contributed by atoms with Crippen LogP contribution in [0.3, 0.4) is 0 Å². The lowest BCUT2D eigenvalue weighted by molar-refractivity contribution is 0.0787. The summed E-state index contributed by atoms with van der Waals surface area (Å²) >= 11 is 0. The highest BCUT2D eigenvalue weighted by atomic mass is 19.1. The zero-order valence-corrected chi connectivity index (χ0v) is 12.7.